The third-order valence-corrected chi connectivity index (χ3v) is 9.24. The SMILES string of the molecule is CCCCCCCCCCCCCC(CCCCCCCCCCCCC)(CC(=O)O)SCCC(=O)O. The Kier molecular flexibility index (Phi) is 26.4. The average Bonchev–Trinajstić information content (AvgIpc) is 2.85. The van der Waals surface area contributed by atoms with Crippen molar-refractivity contribution in [3.63, 3.8) is 0 Å². The average molecular weight is 543 g/mol. The predicted octanol–water partition coefficient (Wildman–Crippen LogP) is 10.8. The molecule has 0 aliphatic rings. The van der Waals surface area contributed by atoms with E-state index in [2.05, 4.69) is 13.8 Å². The first kappa shape index (κ1) is 36.3. The van der Waals surface area contributed by atoms with Crippen molar-refractivity contribution >= 4 is 23.7 Å². The molecule has 0 fully saturated rings. The summed E-state index contributed by atoms with van der Waals surface area (Å²) in [5.41, 5.74) is 0. The minimum atomic E-state index is -0.791. The third kappa shape index (κ3) is 25.3. The van der Waals surface area contributed by atoms with Gasteiger partial charge in [0.05, 0.1) is 12.8 Å². The van der Waals surface area contributed by atoms with Crippen LogP contribution in [0.2, 0.25) is 0 Å². The van der Waals surface area contributed by atoms with Crippen LogP contribution in [0.4, 0.5) is 0 Å². The molecular formula is C32H62O4S. The van der Waals surface area contributed by atoms with E-state index < -0.39 is 11.9 Å². The van der Waals surface area contributed by atoms with Crippen molar-refractivity contribution in [1.82, 2.24) is 0 Å². The molecule has 0 aromatic rings. The summed E-state index contributed by atoms with van der Waals surface area (Å²) in [5.74, 6) is -1.02. The van der Waals surface area contributed by atoms with Gasteiger partial charge in [-0.3, -0.25) is 9.59 Å². The zero-order valence-corrected chi connectivity index (χ0v) is 25.5. The summed E-state index contributed by atoms with van der Waals surface area (Å²) >= 11 is 1.63. The fraction of sp³-hybridized carbons (Fsp3) is 0.938. The summed E-state index contributed by atoms with van der Waals surface area (Å²) < 4.78 is -0.306. The maximum Gasteiger partial charge on any atom is 0.304 e. The van der Waals surface area contributed by atoms with E-state index in [-0.39, 0.29) is 17.6 Å². The molecule has 0 heterocycles. The zero-order valence-electron chi connectivity index (χ0n) is 24.7. The fourth-order valence-electron chi connectivity index (χ4n) is 5.35. The Morgan fingerprint density at radius 1 is 0.514 bits per heavy atom. The van der Waals surface area contributed by atoms with Crippen LogP contribution in [0.25, 0.3) is 0 Å². The summed E-state index contributed by atoms with van der Waals surface area (Å²) in [6, 6.07) is 0. The maximum atomic E-state index is 11.8. The molecule has 0 aliphatic heterocycles. The van der Waals surface area contributed by atoms with Crippen molar-refractivity contribution in [3.8, 4) is 0 Å². The maximum absolute atomic E-state index is 11.8. The highest BCUT2D eigenvalue weighted by atomic mass is 32.2. The summed E-state index contributed by atoms with van der Waals surface area (Å²) in [7, 11) is 0. The molecule has 5 heteroatoms. The molecule has 2 N–H and O–H groups in total. The van der Waals surface area contributed by atoms with Crippen LogP contribution in [-0.4, -0.2) is 32.7 Å². The Hall–Kier alpha value is -0.710. The molecule has 0 spiro atoms. The van der Waals surface area contributed by atoms with Crippen molar-refractivity contribution in [2.24, 2.45) is 0 Å². The molecule has 0 atom stereocenters. The van der Waals surface area contributed by atoms with Gasteiger partial charge in [-0.15, -0.1) is 0 Å². The standard InChI is InChI=1S/C32H62O4S/c1-3-5-7-9-11-13-15-17-19-21-23-26-32(29-31(35)36,37-28-25-30(33)34)27-24-22-20-18-16-14-12-10-8-6-4-2/h3-29H2,1-2H3,(H,33,34)(H,35,36). The molecular weight excluding hydrogens is 480 g/mol. The Labute approximate surface area is 234 Å². The molecule has 0 saturated carbocycles. The Bertz CT molecular complexity index is 497. The van der Waals surface area contributed by atoms with E-state index in [1.807, 2.05) is 0 Å². The molecule has 0 saturated heterocycles. The quantitative estimate of drug-likeness (QED) is 0.0883. The number of carboxylic acids is 2. The van der Waals surface area contributed by atoms with Crippen LogP contribution in [-0.2, 0) is 9.59 Å². The van der Waals surface area contributed by atoms with E-state index in [0.29, 0.717) is 5.75 Å². The van der Waals surface area contributed by atoms with Crippen molar-refractivity contribution < 1.29 is 19.8 Å². The van der Waals surface area contributed by atoms with Crippen LogP contribution in [0.3, 0.4) is 0 Å². The minimum Gasteiger partial charge on any atom is -0.481 e. The molecule has 0 bridgehead atoms. The van der Waals surface area contributed by atoms with Gasteiger partial charge in [-0.2, -0.15) is 11.8 Å². The number of thioether (sulfide) groups is 1. The molecule has 0 radical (unpaired) electrons. The Morgan fingerprint density at radius 2 is 0.838 bits per heavy atom. The number of carbonyl (C=O) groups is 2. The van der Waals surface area contributed by atoms with Crippen LogP contribution in [0, 0.1) is 0 Å². The van der Waals surface area contributed by atoms with Gasteiger partial charge in [-0.1, -0.05) is 155 Å². The zero-order chi connectivity index (χ0) is 27.5. The second-order valence-electron chi connectivity index (χ2n) is 11.3. The molecule has 0 rings (SSSR count). The lowest BCUT2D eigenvalue weighted by Gasteiger charge is -2.32. The van der Waals surface area contributed by atoms with Crippen LogP contribution in [0.15, 0.2) is 0 Å². The Balaban J connectivity index is 4.35. The molecule has 4 nitrogen and oxygen atoms in total. The first-order chi connectivity index (χ1) is 18.0. The van der Waals surface area contributed by atoms with E-state index in [0.717, 1.165) is 38.5 Å². The van der Waals surface area contributed by atoms with E-state index in [1.165, 1.54) is 116 Å². The second kappa shape index (κ2) is 26.9. The summed E-state index contributed by atoms with van der Waals surface area (Å²) in [5, 5.41) is 18.8. The highest BCUT2D eigenvalue weighted by Gasteiger charge is 2.32. The van der Waals surface area contributed by atoms with Gasteiger partial charge in [0.2, 0.25) is 0 Å². The predicted molar refractivity (Wildman–Crippen MR) is 162 cm³/mol. The van der Waals surface area contributed by atoms with Crippen LogP contribution < -0.4 is 0 Å². The summed E-state index contributed by atoms with van der Waals surface area (Å²) in [6.45, 7) is 4.52. The van der Waals surface area contributed by atoms with Gasteiger partial charge < -0.3 is 10.2 Å². The number of aliphatic carboxylic acids is 2. The highest BCUT2D eigenvalue weighted by Crippen LogP contribution is 2.40. The normalized spacial score (nSPS) is 11.7. The molecule has 0 aromatic carbocycles. The monoisotopic (exact) mass is 542 g/mol. The smallest absolute Gasteiger partial charge is 0.304 e. The van der Waals surface area contributed by atoms with Crippen LogP contribution in [0.5, 0.6) is 0 Å². The van der Waals surface area contributed by atoms with Gasteiger partial charge in [0.25, 0.3) is 0 Å². The van der Waals surface area contributed by atoms with E-state index in [1.54, 1.807) is 11.8 Å². The summed E-state index contributed by atoms with van der Waals surface area (Å²) in [6.07, 6.45) is 30.4. The van der Waals surface area contributed by atoms with Crippen molar-refractivity contribution in [1.29, 1.82) is 0 Å². The topological polar surface area (TPSA) is 74.6 Å². The van der Waals surface area contributed by atoms with Gasteiger partial charge in [-0.05, 0) is 12.8 Å². The van der Waals surface area contributed by atoms with Crippen molar-refractivity contribution in [2.75, 3.05) is 5.75 Å². The van der Waals surface area contributed by atoms with Crippen molar-refractivity contribution in [3.05, 3.63) is 0 Å². The first-order valence-electron chi connectivity index (χ1n) is 16.0. The molecule has 220 valence electrons. The van der Waals surface area contributed by atoms with Crippen LogP contribution in [0.1, 0.15) is 181 Å². The number of carboxylic acid groups (broad SMARTS) is 2. The lowest BCUT2D eigenvalue weighted by molar-refractivity contribution is -0.138. The van der Waals surface area contributed by atoms with Gasteiger partial charge in [0.15, 0.2) is 0 Å². The van der Waals surface area contributed by atoms with Gasteiger partial charge in [0.1, 0.15) is 0 Å². The van der Waals surface area contributed by atoms with Gasteiger partial charge >= 0.3 is 11.9 Å². The molecule has 0 amide bonds. The third-order valence-electron chi connectivity index (χ3n) is 7.67. The Morgan fingerprint density at radius 3 is 1.14 bits per heavy atom. The molecule has 0 unspecified atom stereocenters. The van der Waals surface area contributed by atoms with Crippen LogP contribution >= 0.6 is 11.8 Å². The molecule has 0 aliphatic carbocycles. The highest BCUT2D eigenvalue weighted by molar-refractivity contribution is 8.00. The number of unbranched alkanes of at least 4 members (excludes halogenated alkanes) is 20. The number of hydrogen-bond acceptors (Lipinski definition) is 3. The van der Waals surface area contributed by atoms with Crippen molar-refractivity contribution in [2.45, 2.75) is 186 Å². The van der Waals surface area contributed by atoms with E-state index in [9.17, 15) is 14.7 Å². The molecule has 37 heavy (non-hydrogen) atoms. The van der Waals surface area contributed by atoms with Gasteiger partial charge in [-0.25, -0.2) is 0 Å². The fourth-order valence-corrected chi connectivity index (χ4v) is 6.86. The minimum absolute atomic E-state index is 0.114. The number of rotatable bonds is 30. The lowest BCUT2D eigenvalue weighted by Crippen LogP contribution is -2.29. The largest absolute Gasteiger partial charge is 0.481 e. The second-order valence-corrected chi connectivity index (χ2v) is 12.9. The van der Waals surface area contributed by atoms with E-state index >= 15 is 0 Å². The first-order valence-corrected chi connectivity index (χ1v) is 17.0. The van der Waals surface area contributed by atoms with Gasteiger partial charge in [0, 0.05) is 10.5 Å². The summed E-state index contributed by atoms with van der Waals surface area (Å²) in [4.78, 5) is 22.9. The lowest BCUT2D eigenvalue weighted by atomic mass is 9.90. The molecule has 0 aromatic heterocycles. The van der Waals surface area contributed by atoms with E-state index in [4.69, 9.17) is 5.11 Å². The number of hydrogen-bond donors (Lipinski definition) is 2.